The lowest BCUT2D eigenvalue weighted by atomic mass is 10.2. The van der Waals surface area contributed by atoms with E-state index in [2.05, 4.69) is 5.32 Å². The zero-order chi connectivity index (χ0) is 19.4. The van der Waals surface area contributed by atoms with Gasteiger partial charge in [-0.05, 0) is 42.8 Å². The van der Waals surface area contributed by atoms with E-state index in [0.717, 1.165) is 16.7 Å². The highest BCUT2D eigenvalue weighted by atomic mass is 32.2. The van der Waals surface area contributed by atoms with Crippen molar-refractivity contribution in [3.63, 3.8) is 0 Å². The second kappa shape index (κ2) is 7.94. The predicted molar refractivity (Wildman–Crippen MR) is 108 cm³/mol. The normalized spacial score (nSPS) is 11.2. The smallest absolute Gasteiger partial charge is 0.269 e. The highest BCUT2D eigenvalue weighted by Gasteiger charge is 2.19. The number of carbonyl (C=O) groups excluding carboxylic acids is 1. The van der Waals surface area contributed by atoms with Gasteiger partial charge in [-0.1, -0.05) is 30.3 Å². The summed E-state index contributed by atoms with van der Waals surface area (Å²) in [7, 11) is -3.27. The van der Waals surface area contributed by atoms with Gasteiger partial charge in [0.25, 0.3) is 5.91 Å². The minimum Gasteiger partial charge on any atom is -0.492 e. The van der Waals surface area contributed by atoms with Crippen LogP contribution in [0.2, 0.25) is 0 Å². The van der Waals surface area contributed by atoms with Gasteiger partial charge < -0.3 is 10.1 Å². The standard InChI is InChI=1S/C20H19NO4S2/c1-3-25-17-13-18(14-7-5-4-6-8-14)26-19(17)20(22)21-15-9-11-16(12-10-15)27(2,23)24/h4-13H,3H2,1-2H3,(H,21,22). The highest BCUT2D eigenvalue weighted by molar-refractivity contribution is 7.90. The van der Waals surface area contributed by atoms with Crippen LogP contribution in [-0.2, 0) is 9.84 Å². The fourth-order valence-corrected chi connectivity index (χ4v) is 4.15. The number of carbonyl (C=O) groups is 1. The van der Waals surface area contributed by atoms with Gasteiger partial charge in [-0.25, -0.2) is 8.42 Å². The van der Waals surface area contributed by atoms with Gasteiger partial charge >= 0.3 is 0 Å². The van der Waals surface area contributed by atoms with Gasteiger partial charge in [0.05, 0.1) is 11.5 Å². The summed E-state index contributed by atoms with van der Waals surface area (Å²) >= 11 is 1.35. The van der Waals surface area contributed by atoms with Gasteiger partial charge in [-0.15, -0.1) is 11.3 Å². The van der Waals surface area contributed by atoms with E-state index in [-0.39, 0.29) is 10.8 Å². The van der Waals surface area contributed by atoms with E-state index in [0.29, 0.717) is 22.9 Å². The molecule has 7 heteroatoms. The maximum Gasteiger partial charge on any atom is 0.269 e. The predicted octanol–water partition coefficient (Wildman–Crippen LogP) is 4.47. The van der Waals surface area contributed by atoms with Crippen LogP contribution in [0.4, 0.5) is 5.69 Å². The van der Waals surface area contributed by atoms with Crippen molar-refractivity contribution in [3.05, 3.63) is 65.5 Å². The maximum atomic E-state index is 12.7. The Morgan fingerprint density at radius 1 is 1.07 bits per heavy atom. The number of rotatable bonds is 6. The summed E-state index contributed by atoms with van der Waals surface area (Å²) in [6, 6.07) is 17.7. The number of thiophene rings is 1. The Morgan fingerprint density at radius 2 is 1.74 bits per heavy atom. The minimum absolute atomic E-state index is 0.206. The fraction of sp³-hybridized carbons (Fsp3) is 0.150. The summed E-state index contributed by atoms with van der Waals surface area (Å²) in [5.74, 6) is 0.240. The molecular weight excluding hydrogens is 382 g/mol. The van der Waals surface area contributed by atoms with Crippen LogP contribution in [-0.4, -0.2) is 27.2 Å². The third-order valence-electron chi connectivity index (χ3n) is 3.80. The molecule has 5 nitrogen and oxygen atoms in total. The Bertz CT molecular complexity index is 1040. The Balaban J connectivity index is 1.86. The van der Waals surface area contributed by atoms with E-state index in [4.69, 9.17) is 4.74 Å². The van der Waals surface area contributed by atoms with Crippen molar-refractivity contribution < 1.29 is 17.9 Å². The molecule has 3 rings (SSSR count). The van der Waals surface area contributed by atoms with Crippen LogP contribution >= 0.6 is 11.3 Å². The van der Waals surface area contributed by atoms with Crippen LogP contribution in [0.15, 0.2) is 65.6 Å². The molecule has 0 fully saturated rings. The van der Waals surface area contributed by atoms with Crippen molar-refractivity contribution in [1.29, 1.82) is 0 Å². The summed E-state index contributed by atoms with van der Waals surface area (Å²) in [5, 5.41) is 2.80. The quantitative estimate of drug-likeness (QED) is 0.661. The first-order valence-corrected chi connectivity index (χ1v) is 11.0. The summed E-state index contributed by atoms with van der Waals surface area (Å²) in [5.41, 5.74) is 1.53. The van der Waals surface area contributed by atoms with Crippen molar-refractivity contribution in [2.45, 2.75) is 11.8 Å². The zero-order valence-electron chi connectivity index (χ0n) is 14.9. The van der Waals surface area contributed by atoms with Gasteiger partial charge in [0.1, 0.15) is 10.6 Å². The molecule has 0 saturated carbocycles. The minimum atomic E-state index is -3.27. The maximum absolute atomic E-state index is 12.7. The average Bonchev–Trinajstić information content (AvgIpc) is 3.07. The van der Waals surface area contributed by atoms with Crippen molar-refractivity contribution in [3.8, 4) is 16.2 Å². The second-order valence-corrected chi connectivity index (χ2v) is 8.92. The Kier molecular flexibility index (Phi) is 5.62. The number of hydrogen-bond donors (Lipinski definition) is 1. The zero-order valence-corrected chi connectivity index (χ0v) is 16.6. The molecule has 1 aromatic heterocycles. The molecule has 0 unspecified atom stereocenters. The van der Waals surface area contributed by atoms with Crippen LogP contribution in [0, 0.1) is 0 Å². The molecule has 0 aliphatic carbocycles. The van der Waals surface area contributed by atoms with Crippen LogP contribution < -0.4 is 10.1 Å². The topological polar surface area (TPSA) is 72.5 Å². The molecule has 0 saturated heterocycles. The molecule has 1 N–H and O–H groups in total. The largest absolute Gasteiger partial charge is 0.492 e. The summed E-state index contributed by atoms with van der Waals surface area (Å²) < 4.78 is 28.7. The summed E-state index contributed by atoms with van der Waals surface area (Å²) in [6.07, 6.45) is 1.14. The number of sulfone groups is 1. The van der Waals surface area contributed by atoms with E-state index in [1.54, 1.807) is 12.1 Å². The number of hydrogen-bond acceptors (Lipinski definition) is 5. The van der Waals surface area contributed by atoms with Gasteiger partial charge in [-0.3, -0.25) is 4.79 Å². The molecule has 27 heavy (non-hydrogen) atoms. The summed E-state index contributed by atoms with van der Waals surface area (Å²) in [6.45, 7) is 2.32. The first kappa shape index (κ1) is 19.1. The number of ether oxygens (including phenoxy) is 1. The molecule has 140 valence electrons. The molecule has 3 aromatic rings. The molecule has 0 aliphatic heterocycles. The molecule has 1 heterocycles. The first-order chi connectivity index (χ1) is 12.9. The number of benzene rings is 2. The number of amides is 1. The Morgan fingerprint density at radius 3 is 2.33 bits per heavy atom. The SMILES string of the molecule is CCOc1cc(-c2ccccc2)sc1C(=O)Nc1ccc(S(C)(=O)=O)cc1. The van der Waals surface area contributed by atoms with E-state index >= 15 is 0 Å². The van der Waals surface area contributed by atoms with Crippen LogP contribution in [0.25, 0.3) is 10.4 Å². The molecule has 0 bridgehead atoms. The molecule has 0 spiro atoms. The van der Waals surface area contributed by atoms with Gasteiger partial charge in [0.2, 0.25) is 0 Å². The lowest BCUT2D eigenvalue weighted by Crippen LogP contribution is -2.11. The van der Waals surface area contributed by atoms with Gasteiger partial charge in [0.15, 0.2) is 9.84 Å². The number of anilines is 1. The van der Waals surface area contributed by atoms with E-state index in [1.165, 1.54) is 23.5 Å². The van der Waals surface area contributed by atoms with Crippen LogP contribution in [0.3, 0.4) is 0 Å². The second-order valence-electron chi connectivity index (χ2n) is 5.85. The van der Waals surface area contributed by atoms with Crippen molar-refractivity contribution in [2.24, 2.45) is 0 Å². The average molecular weight is 402 g/mol. The van der Waals surface area contributed by atoms with Gasteiger partial charge in [-0.2, -0.15) is 0 Å². The molecule has 0 atom stereocenters. The number of nitrogens with one attached hydrogen (secondary N) is 1. The summed E-state index contributed by atoms with van der Waals surface area (Å²) in [4.78, 5) is 14.4. The molecule has 0 radical (unpaired) electrons. The monoisotopic (exact) mass is 401 g/mol. The molecule has 0 aliphatic rings. The Hall–Kier alpha value is -2.64. The van der Waals surface area contributed by atoms with Crippen LogP contribution in [0.5, 0.6) is 5.75 Å². The van der Waals surface area contributed by atoms with E-state index in [9.17, 15) is 13.2 Å². The lowest BCUT2D eigenvalue weighted by molar-refractivity contribution is 0.102. The molecule has 1 amide bonds. The van der Waals surface area contributed by atoms with E-state index in [1.807, 2.05) is 43.3 Å². The Labute approximate surface area is 162 Å². The molecular formula is C20H19NO4S2. The third-order valence-corrected chi connectivity index (χ3v) is 6.10. The first-order valence-electron chi connectivity index (χ1n) is 8.32. The van der Waals surface area contributed by atoms with Crippen molar-refractivity contribution in [2.75, 3.05) is 18.2 Å². The van der Waals surface area contributed by atoms with Gasteiger partial charge in [0, 0.05) is 16.8 Å². The highest BCUT2D eigenvalue weighted by Crippen LogP contribution is 2.36. The van der Waals surface area contributed by atoms with Crippen molar-refractivity contribution >= 4 is 32.8 Å². The fourth-order valence-electron chi connectivity index (χ4n) is 2.51. The lowest BCUT2D eigenvalue weighted by Gasteiger charge is -2.07. The third kappa shape index (κ3) is 4.56. The molecule has 2 aromatic carbocycles. The van der Waals surface area contributed by atoms with E-state index < -0.39 is 9.84 Å². The van der Waals surface area contributed by atoms with Crippen LogP contribution in [0.1, 0.15) is 16.6 Å². The van der Waals surface area contributed by atoms with Crippen molar-refractivity contribution in [1.82, 2.24) is 0 Å².